The van der Waals surface area contributed by atoms with Gasteiger partial charge in [0, 0.05) is 11.6 Å². The Kier molecular flexibility index (Phi) is 7.12. The minimum atomic E-state index is -0.900. The Bertz CT molecular complexity index is 937. The summed E-state index contributed by atoms with van der Waals surface area (Å²) < 4.78 is 15.8. The highest BCUT2D eigenvalue weighted by Crippen LogP contribution is 2.29. The van der Waals surface area contributed by atoms with E-state index in [4.69, 9.17) is 14.2 Å². The lowest BCUT2D eigenvalue weighted by Crippen LogP contribution is -2.39. The van der Waals surface area contributed by atoms with E-state index in [1.165, 1.54) is 11.6 Å². The molecule has 1 amide bonds. The van der Waals surface area contributed by atoms with Crippen molar-refractivity contribution in [1.82, 2.24) is 5.32 Å². The number of rotatable bonds is 7. The molecule has 1 aliphatic rings. The van der Waals surface area contributed by atoms with Gasteiger partial charge in [0.25, 0.3) is 5.91 Å². The normalized spacial score (nSPS) is 16.4. The molecular weight excluding hydrogens is 382 g/mol. The van der Waals surface area contributed by atoms with Gasteiger partial charge in [-0.2, -0.15) is 0 Å². The van der Waals surface area contributed by atoms with Gasteiger partial charge in [-0.15, -0.1) is 0 Å². The Balaban J connectivity index is 1.59. The summed E-state index contributed by atoms with van der Waals surface area (Å²) in [5.41, 5.74) is 3.07. The topological polar surface area (TPSA) is 73.9 Å². The third kappa shape index (κ3) is 5.20. The van der Waals surface area contributed by atoms with Crippen molar-refractivity contribution in [1.29, 1.82) is 0 Å². The van der Waals surface area contributed by atoms with Crippen LogP contribution >= 0.6 is 0 Å². The van der Waals surface area contributed by atoms with Crippen LogP contribution < -0.4 is 14.8 Å². The zero-order valence-electron chi connectivity index (χ0n) is 17.5. The summed E-state index contributed by atoms with van der Waals surface area (Å²) in [5, 5.41) is 3.01. The maximum Gasteiger partial charge on any atom is 0.331 e. The van der Waals surface area contributed by atoms with E-state index in [1.807, 2.05) is 18.2 Å². The van der Waals surface area contributed by atoms with Crippen molar-refractivity contribution in [2.75, 3.05) is 14.2 Å². The van der Waals surface area contributed by atoms with Crippen molar-refractivity contribution in [3.63, 3.8) is 0 Å². The lowest BCUT2D eigenvalue weighted by molar-refractivity contribution is -0.150. The number of benzene rings is 2. The summed E-state index contributed by atoms with van der Waals surface area (Å²) in [6, 6.07) is 13.3. The van der Waals surface area contributed by atoms with Gasteiger partial charge in [-0.1, -0.05) is 24.3 Å². The number of carbonyl (C=O) groups is 2. The molecule has 0 heterocycles. The molecule has 2 aromatic carbocycles. The zero-order valence-corrected chi connectivity index (χ0v) is 17.5. The number of methoxy groups -OCH3 is 2. The molecule has 30 heavy (non-hydrogen) atoms. The van der Waals surface area contributed by atoms with Crippen LogP contribution in [0.1, 0.15) is 42.5 Å². The number of ether oxygens (including phenoxy) is 3. The van der Waals surface area contributed by atoms with Gasteiger partial charge < -0.3 is 19.5 Å². The quantitative estimate of drug-likeness (QED) is 0.556. The molecule has 0 aromatic heterocycles. The van der Waals surface area contributed by atoms with E-state index >= 15 is 0 Å². The van der Waals surface area contributed by atoms with Crippen LogP contribution in [0.25, 0.3) is 6.08 Å². The van der Waals surface area contributed by atoms with E-state index in [0.717, 1.165) is 24.8 Å². The van der Waals surface area contributed by atoms with Crippen LogP contribution in [-0.2, 0) is 20.7 Å². The van der Waals surface area contributed by atoms with Crippen LogP contribution in [0.3, 0.4) is 0 Å². The van der Waals surface area contributed by atoms with Crippen LogP contribution in [0.5, 0.6) is 11.5 Å². The molecule has 0 fully saturated rings. The smallest absolute Gasteiger partial charge is 0.331 e. The number of carbonyl (C=O) groups excluding carboxylic acids is 2. The highest BCUT2D eigenvalue weighted by Gasteiger charge is 2.24. The summed E-state index contributed by atoms with van der Waals surface area (Å²) in [7, 11) is 3.11. The molecular formula is C24H27NO5. The second-order valence-electron chi connectivity index (χ2n) is 7.17. The molecule has 0 bridgehead atoms. The van der Waals surface area contributed by atoms with Crippen LogP contribution in [0.15, 0.2) is 48.5 Å². The first-order valence-electron chi connectivity index (χ1n) is 10.0. The van der Waals surface area contributed by atoms with Crippen molar-refractivity contribution in [2.45, 2.75) is 38.3 Å². The lowest BCUT2D eigenvalue weighted by Gasteiger charge is -2.27. The van der Waals surface area contributed by atoms with Gasteiger partial charge in [-0.3, -0.25) is 4.79 Å². The van der Waals surface area contributed by atoms with Crippen molar-refractivity contribution in [3.8, 4) is 11.5 Å². The van der Waals surface area contributed by atoms with E-state index in [9.17, 15) is 9.59 Å². The van der Waals surface area contributed by atoms with Gasteiger partial charge in [-0.25, -0.2) is 4.79 Å². The summed E-state index contributed by atoms with van der Waals surface area (Å²) in [4.78, 5) is 24.8. The van der Waals surface area contributed by atoms with Crippen molar-refractivity contribution < 1.29 is 23.8 Å². The molecule has 0 radical (unpaired) electrons. The average molecular weight is 409 g/mol. The van der Waals surface area contributed by atoms with Crippen molar-refractivity contribution >= 4 is 18.0 Å². The van der Waals surface area contributed by atoms with Gasteiger partial charge in [-0.05, 0) is 61.6 Å². The third-order valence-electron chi connectivity index (χ3n) is 5.18. The van der Waals surface area contributed by atoms with Crippen LogP contribution in [0.2, 0.25) is 0 Å². The molecule has 3 rings (SSSR count). The lowest BCUT2D eigenvalue weighted by atomic mass is 9.87. The molecule has 0 spiro atoms. The first-order valence-corrected chi connectivity index (χ1v) is 10.0. The fourth-order valence-electron chi connectivity index (χ4n) is 3.59. The second-order valence-corrected chi connectivity index (χ2v) is 7.17. The Morgan fingerprint density at radius 2 is 1.93 bits per heavy atom. The molecule has 2 atom stereocenters. The fourth-order valence-corrected chi connectivity index (χ4v) is 3.59. The van der Waals surface area contributed by atoms with Crippen molar-refractivity contribution in [3.05, 3.63) is 65.2 Å². The summed E-state index contributed by atoms with van der Waals surface area (Å²) in [6.45, 7) is 1.57. The number of fused-ring (bicyclic) bond motifs is 1. The van der Waals surface area contributed by atoms with E-state index in [0.29, 0.717) is 17.1 Å². The molecule has 0 saturated heterocycles. The Labute approximate surface area is 176 Å². The van der Waals surface area contributed by atoms with Crippen molar-refractivity contribution in [2.24, 2.45) is 0 Å². The number of nitrogens with one attached hydrogen (secondary N) is 1. The zero-order chi connectivity index (χ0) is 21.5. The van der Waals surface area contributed by atoms with E-state index in [-0.39, 0.29) is 11.9 Å². The SMILES string of the molecule is COc1ccc(OC)c(/C=C/C(=O)O[C@H](C)C(=O)N[C@H]2CCCc3ccccc32)c1. The maximum absolute atomic E-state index is 12.6. The summed E-state index contributed by atoms with van der Waals surface area (Å²) >= 11 is 0. The number of esters is 1. The van der Waals surface area contributed by atoms with Crippen LogP contribution in [-0.4, -0.2) is 32.2 Å². The highest BCUT2D eigenvalue weighted by molar-refractivity contribution is 5.90. The highest BCUT2D eigenvalue weighted by atomic mass is 16.5. The minimum absolute atomic E-state index is 0.0554. The Morgan fingerprint density at radius 3 is 2.70 bits per heavy atom. The van der Waals surface area contributed by atoms with Gasteiger partial charge in [0.15, 0.2) is 6.10 Å². The second kappa shape index (κ2) is 9.96. The summed E-state index contributed by atoms with van der Waals surface area (Å²) in [5.74, 6) is 0.329. The number of hydrogen-bond acceptors (Lipinski definition) is 5. The van der Waals surface area contributed by atoms with Gasteiger partial charge >= 0.3 is 5.97 Å². The molecule has 2 aromatic rings. The fraction of sp³-hybridized carbons (Fsp3) is 0.333. The Morgan fingerprint density at radius 1 is 1.13 bits per heavy atom. The van der Waals surface area contributed by atoms with Crippen LogP contribution in [0.4, 0.5) is 0 Å². The molecule has 1 aliphatic carbocycles. The van der Waals surface area contributed by atoms with E-state index < -0.39 is 12.1 Å². The molecule has 158 valence electrons. The largest absolute Gasteiger partial charge is 0.497 e. The Hall–Kier alpha value is -3.28. The first kappa shape index (κ1) is 21.4. The molecule has 0 unspecified atom stereocenters. The predicted molar refractivity (Wildman–Crippen MR) is 114 cm³/mol. The maximum atomic E-state index is 12.6. The monoisotopic (exact) mass is 409 g/mol. The third-order valence-corrected chi connectivity index (χ3v) is 5.18. The van der Waals surface area contributed by atoms with Gasteiger partial charge in [0.05, 0.1) is 20.3 Å². The van der Waals surface area contributed by atoms with Crippen LogP contribution in [0, 0.1) is 0 Å². The number of aryl methyl sites for hydroxylation is 1. The molecule has 1 N–H and O–H groups in total. The van der Waals surface area contributed by atoms with Gasteiger partial charge in [0.2, 0.25) is 0 Å². The number of amides is 1. The average Bonchev–Trinajstić information content (AvgIpc) is 2.77. The molecule has 0 saturated carbocycles. The molecule has 6 heteroatoms. The molecule has 0 aliphatic heterocycles. The van der Waals surface area contributed by atoms with Gasteiger partial charge in [0.1, 0.15) is 11.5 Å². The standard InChI is InChI=1S/C24H27NO5/c1-16(24(27)25-21-10-6-8-17-7-4-5-9-20(17)21)30-23(26)14-11-18-15-19(28-2)12-13-22(18)29-3/h4-5,7,9,11-16,21H,6,8,10H2,1-3H3,(H,25,27)/b14-11+/t16-,21+/m1/s1. The molecule has 6 nitrogen and oxygen atoms in total. The minimum Gasteiger partial charge on any atom is -0.497 e. The summed E-state index contributed by atoms with van der Waals surface area (Å²) in [6.07, 6.45) is 4.86. The first-order chi connectivity index (χ1) is 14.5. The predicted octanol–water partition coefficient (Wildman–Crippen LogP) is 3.84. The number of hydrogen-bond donors (Lipinski definition) is 1. The van der Waals surface area contributed by atoms with E-state index in [1.54, 1.807) is 45.4 Å². The van der Waals surface area contributed by atoms with E-state index in [2.05, 4.69) is 11.4 Å².